The molecule has 0 aromatic rings. The molecule has 50 atom stereocenters. The smallest absolute Gasteiger partial charge is 0.217 e. The van der Waals surface area contributed by atoms with Crippen LogP contribution < -0.4 is 16.0 Å². The minimum absolute atomic E-state index is 0.401. The molecule has 0 spiro atoms. The molecule has 52 heteroatoms. The maximum absolute atomic E-state index is 13.1. The molecule has 10 saturated heterocycles. The second-order valence-corrected chi connectivity index (χ2v) is 32.8. The van der Waals surface area contributed by atoms with E-state index in [0.29, 0.717) is 0 Å². The van der Waals surface area contributed by atoms with E-state index in [2.05, 4.69) is 16.0 Å². The Morgan fingerprint density at radius 1 is 0.331 bits per heavy atom. The first kappa shape index (κ1) is 103. The summed E-state index contributed by atoms with van der Waals surface area (Å²) in [5, 5.41) is 308. The predicted molar refractivity (Wildman–Crippen MR) is 389 cm³/mol. The van der Waals surface area contributed by atoms with Gasteiger partial charge in [-0.3, -0.25) is 14.4 Å². The Morgan fingerprint density at radius 2 is 0.726 bits per heavy atom. The summed E-state index contributed by atoms with van der Waals surface area (Å²) >= 11 is 0. The topological polar surface area (TPSA) is 809 Å². The number of carbonyl (C=O) groups is 3. The third kappa shape index (κ3) is 23.2. The monoisotopic (exact) mass is 1810 g/mol. The van der Waals surface area contributed by atoms with Crippen LogP contribution in [0, 0.1) is 11.8 Å². The van der Waals surface area contributed by atoms with E-state index in [4.69, 9.17) is 90.0 Å². The second kappa shape index (κ2) is 45.3. The highest BCUT2D eigenvalue weighted by Crippen LogP contribution is 2.41. The average molecular weight is 1810 g/mol. The fourth-order valence-corrected chi connectivity index (χ4v) is 16.6. The highest BCUT2D eigenvalue weighted by molar-refractivity contribution is 5.74. The molecular weight excluding hydrogens is 1690 g/mol. The molecule has 720 valence electrons. The number of rotatable bonds is 34. The molecule has 10 aliphatic heterocycles. The number of carbonyl (C=O) groups excluding carboxylic acids is 3. The van der Waals surface area contributed by atoms with Crippen LogP contribution in [0.3, 0.4) is 0 Å². The third-order valence-corrected chi connectivity index (χ3v) is 23.5. The van der Waals surface area contributed by atoms with E-state index < -0.39 is 409 Å². The summed E-state index contributed by atoms with van der Waals surface area (Å²) in [6, 6.07) is -4.41. The zero-order chi connectivity index (χ0) is 91.2. The lowest BCUT2D eigenvalue weighted by molar-refractivity contribution is -0.412. The van der Waals surface area contributed by atoms with Gasteiger partial charge in [0.15, 0.2) is 56.6 Å². The maximum Gasteiger partial charge on any atom is 0.217 e. The molecule has 0 aromatic heterocycles. The summed E-state index contributed by atoms with van der Waals surface area (Å²) in [6.07, 6.45) is -89.3. The summed E-state index contributed by atoms with van der Waals surface area (Å²) in [5.41, 5.74) is 0. The van der Waals surface area contributed by atoms with Gasteiger partial charge >= 0.3 is 0 Å². The van der Waals surface area contributed by atoms with Gasteiger partial charge in [-0.1, -0.05) is 20.8 Å². The Labute approximate surface area is 706 Å². The van der Waals surface area contributed by atoms with Crippen molar-refractivity contribution in [3.05, 3.63) is 0 Å². The summed E-state index contributed by atoms with van der Waals surface area (Å²) < 4.78 is 114. The Bertz CT molecular complexity index is 3270. The van der Waals surface area contributed by atoms with E-state index >= 15 is 0 Å². The minimum atomic E-state index is -2.51. The lowest BCUT2D eigenvalue weighted by atomic mass is 9.87. The van der Waals surface area contributed by atoms with E-state index in [1.54, 1.807) is 13.8 Å². The van der Waals surface area contributed by atoms with Crippen LogP contribution in [-0.4, -0.2) is 522 Å². The zero-order valence-electron chi connectivity index (χ0n) is 68.0. The van der Waals surface area contributed by atoms with Crippen LogP contribution in [-0.2, 0) is 104 Å². The van der Waals surface area contributed by atoms with Gasteiger partial charge in [-0.05, 0) is 5.92 Å². The number of aliphatic hydroxyl groups excluding tert-OH is 27. The van der Waals surface area contributed by atoms with Crippen molar-refractivity contribution in [3.8, 4) is 0 Å². The first-order valence-corrected chi connectivity index (χ1v) is 40.7. The van der Waals surface area contributed by atoms with E-state index in [-0.39, 0.29) is 0 Å². The van der Waals surface area contributed by atoms with Crippen molar-refractivity contribution in [2.45, 2.75) is 355 Å². The van der Waals surface area contributed by atoms with Gasteiger partial charge in [-0.2, -0.15) is 0 Å². The fourth-order valence-electron chi connectivity index (χ4n) is 16.6. The Kier molecular flexibility index (Phi) is 37.5. The molecule has 0 aromatic carbocycles. The molecule has 10 rings (SSSR count). The number of nitrogens with one attached hydrogen (secondary N) is 3. The van der Waals surface area contributed by atoms with Gasteiger partial charge in [0.25, 0.3) is 0 Å². The molecule has 0 bridgehead atoms. The van der Waals surface area contributed by atoms with Gasteiger partial charge in [0.2, 0.25) is 17.7 Å². The van der Waals surface area contributed by atoms with E-state index in [1.807, 2.05) is 0 Å². The molecule has 10 fully saturated rings. The minimum Gasteiger partial charge on any atom is -0.394 e. The first-order chi connectivity index (χ1) is 58.6. The number of hydrogen-bond donors (Lipinski definition) is 30. The van der Waals surface area contributed by atoms with Crippen molar-refractivity contribution < 1.29 is 242 Å². The summed E-state index contributed by atoms with van der Waals surface area (Å²) in [5.74, 6) is -4.06. The van der Waals surface area contributed by atoms with E-state index in [1.165, 1.54) is 6.92 Å². The third-order valence-electron chi connectivity index (χ3n) is 23.5. The maximum atomic E-state index is 13.1. The molecule has 124 heavy (non-hydrogen) atoms. The van der Waals surface area contributed by atoms with E-state index in [0.717, 1.165) is 20.8 Å². The summed E-state index contributed by atoms with van der Waals surface area (Å²) in [7, 11) is 0. The van der Waals surface area contributed by atoms with Crippen LogP contribution in [0.1, 0.15) is 54.4 Å². The van der Waals surface area contributed by atoms with E-state index in [9.17, 15) is 152 Å². The highest BCUT2D eigenvalue weighted by Gasteiger charge is 2.61. The summed E-state index contributed by atoms with van der Waals surface area (Å²) in [6.45, 7) is -1.67. The summed E-state index contributed by atoms with van der Waals surface area (Å²) in [4.78, 5) is 37.7. The quantitative estimate of drug-likeness (QED) is 0.0284. The molecule has 0 saturated carbocycles. The Balaban J connectivity index is 0.926. The van der Waals surface area contributed by atoms with Gasteiger partial charge in [-0.15, -0.1) is 0 Å². The SMILES string of the molecule is CC(=O)NC1[C@H](O[C@@H]2C(CO)O[C@@H](C(C)C)C(NC(C)=O)[C@H]2O)OC(CO)[C@@H](O[C@@H]2OC(OCC3C[C@@H](OC4O[C@@H](CO)[C@@H](O)C(O)C4O)[C@H](O)C(COC4OC(CO)[C@@H](O)[C@H](O)[C@H]4O)O3)[C@@H](O)[C@H](O[C@H]3OC(CO)[C@@H](O)[C@H](O)C3O[C@@H]3OC(CO)[C@@H](O[C@@H]4OC(CO[C@@H]5CC(O)[C@@H](NC(C)=O)C(C(O)C(O)CO)O5)[C@H](O)[C@H](O)C4O)[C@H](O)C3C)C2O)[C@@H]1O. The van der Waals surface area contributed by atoms with Gasteiger partial charge in [0.05, 0.1) is 109 Å². The number of ether oxygens (including phenoxy) is 19. The molecule has 23 unspecified atom stereocenters. The van der Waals surface area contributed by atoms with Crippen LogP contribution in [0.4, 0.5) is 0 Å². The predicted octanol–water partition coefficient (Wildman–Crippen LogP) is -18.6. The molecule has 52 nitrogen and oxygen atoms in total. The van der Waals surface area contributed by atoms with Gasteiger partial charge in [0.1, 0.15) is 201 Å². The van der Waals surface area contributed by atoms with Crippen molar-refractivity contribution >= 4 is 17.7 Å². The van der Waals surface area contributed by atoms with Gasteiger partial charge in [-0.25, -0.2) is 0 Å². The van der Waals surface area contributed by atoms with Gasteiger partial charge in [0, 0.05) is 39.5 Å². The second-order valence-electron chi connectivity index (χ2n) is 32.8. The van der Waals surface area contributed by atoms with Crippen molar-refractivity contribution in [2.24, 2.45) is 11.8 Å². The van der Waals surface area contributed by atoms with Crippen molar-refractivity contribution in [1.29, 1.82) is 0 Å². The Morgan fingerprint density at radius 3 is 1.27 bits per heavy atom. The average Bonchev–Trinajstić information content (AvgIpc) is 0.764. The molecule has 0 radical (unpaired) electrons. The van der Waals surface area contributed by atoms with Crippen molar-refractivity contribution in [2.75, 3.05) is 66.1 Å². The van der Waals surface area contributed by atoms with Crippen LogP contribution in [0.5, 0.6) is 0 Å². The Hall–Kier alpha value is -3.43. The first-order valence-electron chi connectivity index (χ1n) is 40.7. The fraction of sp³-hybridized carbons (Fsp3) is 0.958. The standard InChI is InChI=1S/C72H123N3O49/c1-19(2)58-38(74-22(5)84)47(95)60(31(13-80)110-58)119-66-39(75-23(6)85)48(96)61(33(15-82)116-66)121-71-57(105)63(56(104)68(124-71)107-16-24-7-27(111-69-54(102)50(98)44(92)29(11-78)113-69)42(90)34(109-24)18-108-67-53(101)49(97)43(91)28(10-77)112-67)122-72-64(52(100)45(93)30(12-79)114-72)123-65-20(3)40(88)59(32(14-81)115-65)120-70-55(103)51(99)46(94)35(117-70)17-106-36-8-25(86)37(73-21(4)83)62(118-36)41(89)26(87)9-76/h19-20,24-72,76-82,86-105H,7-18H2,1-6H3,(H,73,83)(H,74,84)(H,75,85)/t20?,24?,25?,26?,27-,28?,29+,30?,31?,32?,33?,34?,35?,36+,37-,38?,39?,40-,41?,42+,43-,44-,45-,46+,47-,48-,49+,50?,51+,52+,53-,54?,55?,56+,57?,58+,59-,60-,61-,62?,63+,64?,65+,66+,67?,68?,69?,70+,71-,72-/m1/s1. The lowest BCUT2D eigenvalue weighted by Gasteiger charge is -2.51. The van der Waals surface area contributed by atoms with Crippen molar-refractivity contribution in [3.63, 3.8) is 0 Å². The lowest BCUT2D eigenvalue weighted by Crippen LogP contribution is -2.70. The van der Waals surface area contributed by atoms with Crippen LogP contribution in [0.25, 0.3) is 0 Å². The van der Waals surface area contributed by atoms with Crippen LogP contribution >= 0.6 is 0 Å². The zero-order valence-corrected chi connectivity index (χ0v) is 68.0. The number of amides is 3. The number of hydrogen-bond acceptors (Lipinski definition) is 49. The molecule has 0 aliphatic carbocycles. The van der Waals surface area contributed by atoms with Crippen molar-refractivity contribution in [1.82, 2.24) is 16.0 Å². The van der Waals surface area contributed by atoms with Crippen LogP contribution in [0.2, 0.25) is 0 Å². The van der Waals surface area contributed by atoms with Crippen LogP contribution in [0.15, 0.2) is 0 Å². The molecule has 3 amide bonds. The molecule has 10 heterocycles. The largest absolute Gasteiger partial charge is 0.394 e. The molecule has 10 aliphatic rings. The number of aliphatic hydroxyl groups is 27. The van der Waals surface area contributed by atoms with Gasteiger partial charge < -0.3 is 244 Å². The molecule has 30 N–H and O–H groups in total. The highest BCUT2D eigenvalue weighted by atomic mass is 16.8. The molecular formula is C72H123N3O49. The normalized spacial score (nSPS) is 48.5.